The summed E-state index contributed by atoms with van der Waals surface area (Å²) >= 11 is 0. The van der Waals surface area contributed by atoms with Gasteiger partial charge in [0.05, 0.1) is 11.9 Å². The van der Waals surface area contributed by atoms with Crippen LogP contribution in [0.1, 0.15) is 25.7 Å². The Morgan fingerprint density at radius 3 is 2.67 bits per heavy atom. The molecule has 0 bridgehead atoms. The van der Waals surface area contributed by atoms with E-state index in [4.69, 9.17) is 0 Å². The molecule has 138 valence electrons. The average molecular weight is 390 g/mol. The third kappa shape index (κ3) is 8.56. The lowest BCUT2D eigenvalue weighted by atomic mass is 10.1. The third-order valence-electron chi connectivity index (χ3n) is 3.29. The highest BCUT2D eigenvalue weighted by Gasteiger charge is 2.28. The van der Waals surface area contributed by atoms with Crippen molar-refractivity contribution in [1.82, 2.24) is 10.3 Å². The molecule has 0 saturated carbocycles. The van der Waals surface area contributed by atoms with Gasteiger partial charge in [-0.25, -0.2) is 4.98 Å². The maximum atomic E-state index is 12.0. The first-order chi connectivity index (χ1) is 10.4. The van der Waals surface area contributed by atoms with Crippen LogP contribution >= 0.6 is 24.8 Å². The molecule has 2 heterocycles. The number of amides is 1. The van der Waals surface area contributed by atoms with E-state index in [-0.39, 0.29) is 36.6 Å². The Morgan fingerprint density at radius 1 is 1.38 bits per heavy atom. The lowest BCUT2D eigenvalue weighted by molar-refractivity contribution is -0.154. The van der Waals surface area contributed by atoms with E-state index in [1.165, 1.54) is 18.3 Å². The summed E-state index contributed by atoms with van der Waals surface area (Å²) in [4.78, 5) is 15.5. The van der Waals surface area contributed by atoms with Crippen molar-refractivity contribution < 1.29 is 22.7 Å². The second-order valence-corrected chi connectivity index (χ2v) is 5.17. The number of hydrogen-bond donors (Lipinski definition) is 2. The maximum absolute atomic E-state index is 12.0. The van der Waals surface area contributed by atoms with Crippen LogP contribution in [0.4, 0.5) is 18.9 Å². The number of alkyl halides is 3. The predicted molar refractivity (Wildman–Crippen MR) is 89.2 cm³/mol. The fourth-order valence-corrected chi connectivity index (χ4v) is 2.23. The van der Waals surface area contributed by atoms with Crippen molar-refractivity contribution in [2.24, 2.45) is 0 Å². The molecule has 1 aromatic heterocycles. The Hall–Kier alpha value is -1.25. The van der Waals surface area contributed by atoms with Gasteiger partial charge in [0.1, 0.15) is 0 Å². The van der Waals surface area contributed by atoms with E-state index >= 15 is 0 Å². The number of rotatable bonds is 6. The summed E-state index contributed by atoms with van der Waals surface area (Å²) in [7, 11) is 0. The Labute approximate surface area is 150 Å². The lowest BCUT2D eigenvalue weighted by Crippen LogP contribution is -2.23. The predicted octanol–water partition coefficient (Wildman–Crippen LogP) is 3.34. The molecular weight excluding hydrogens is 370 g/mol. The SMILES string of the molecule is Cl.Cl.O=C(CCC1CCCN1)Nc1ccc(OCC(F)(F)F)nc1. The number of ether oxygens (including phenoxy) is 1. The number of carbonyl (C=O) groups excluding carboxylic acids is 1. The highest BCUT2D eigenvalue weighted by atomic mass is 35.5. The summed E-state index contributed by atoms with van der Waals surface area (Å²) in [5.41, 5.74) is 0.434. The van der Waals surface area contributed by atoms with Crippen molar-refractivity contribution in [3.63, 3.8) is 0 Å². The third-order valence-corrected chi connectivity index (χ3v) is 3.29. The molecule has 10 heteroatoms. The average Bonchev–Trinajstić information content (AvgIpc) is 2.97. The van der Waals surface area contributed by atoms with Gasteiger partial charge < -0.3 is 15.4 Å². The van der Waals surface area contributed by atoms with Gasteiger partial charge in [-0.1, -0.05) is 0 Å². The molecule has 1 aliphatic rings. The maximum Gasteiger partial charge on any atom is 0.422 e. The molecule has 24 heavy (non-hydrogen) atoms. The van der Waals surface area contributed by atoms with Gasteiger partial charge in [0.2, 0.25) is 11.8 Å². The molecule has 0 radical (unpaired) electrons. The first-order valence-electron chi connectivity index (χ1n) is 7.11. The molecule has 0 aliphatic carbocycles. The first-order valence-corrected chi connectivity index (χ1v) is 7.11. The van der Waals surface area contributed by atoms with E-state index in [0.717, 1.165) is 25.8 Å². The lowest BCUT2D eigenvalue weighted by Gasteiger charge is -2.11. The number of aromatic nitrogens is 1. The number of nitrogens with zero attached hydrogens (tertiary/aromatic N) is 1. The molecule has 0 aromatic carbocycles. The molecule has 1 unspecified atom stereocenters. The fourth-order valence-electron chi connectivity index (χ4n) is 2.23. The number of nitrogens with one attached hydrogen (secondary N) is 2. The van der Waals surface area contributed by atoms with Gasteiger partial charge in [-0.2, -0.15) is 13.2 Å². The zero-order valence-electron chi connectivity index (χ0n) is 12.8. The highest BCUT2D eigenvalue weighted by Crippen LogP contribution is 2.18. The van der Waals surface area contributed by atoms with E-state index in [2.05, 4.69) is 20.4 Å². The molecule has 2 N–H and O–H groups in total. The summed E-state index contributed by atoms with van der Waals surface area (Å²) in [6.45, 7) is -0.393. The van der Waals surface area contributed by atoms with Crippen LogP contribution in [0.15, 0.2) is 18.3 Å². The fraction of sp³-hybridized carbons (Fsp3) is 0.571. The van der Waals surface area contributed by atoms with Gasteiger partial charge in [-0.05, 0) is 31.9 Å². The van der Waals surface area contributed by atoms with Crippen molar-refractivity contribution in [1.29, 1.82) is 0 Å². The normalized spacial score (nSPS) is 16.7. The topological polar surface area (TPSA) is 63.2 Å². The molecule has 1 atom stereocenters. The summed E-state index contributed by atoms with van der Waals surface area (Å²) < 4.78 is 40.5. The molecule has 2 rings (SSSR count). The van der Waals surface area contributed by atoms with Gasteiger partial charge in [0.25, 0.3) is 0 Å². The van der Waals surface area contributed by atoms with Crippen LogP contribution in [0, 0.1) is 0 Å². The Balaban J connectivity index is 0.00000264. The van der Waals surface area contributed by atoms with E-state index in [1.807, 2.05) is 0 Å². The summed E-state index contributed by atoms with van der Waals surface area (Å²) in [6, 6.07) is 3.15. The van der Waals surface area contributed by atoms with Gasteiger partial charge >= 0.3 is 6.18 Å². The van der Waals surface area contributed by atoms with Crippen molar-refractivity contribution in [3.05, 3.63) is 18.3 Å². The van der Waals surface area contributed by atoms with E-state index in [9.17, 15) is 18.0 Å². The molecule has 1 aliphatic heterocycles. The molecule has 1 fully saturated rings. The minimum atomic E-state index is -4.40. The van der Waals surface area contributed by atoms with Gasteiger partial charge in [0.15, 0.2) is 6.61 Å². The van der Waals surface area contributed by atoms with Gasteiger partial charge in [-0.15, -0.1) is 24.8 Å². The highest BCUT2D eigenvalue weighted by molar-refractivity contribution is 5.90. The van der Waals surface area contributed by atoms with Crippen molar-refractivity contribution in [2.75, 3.05) is 18.5 Å². The van der Waals surface area contributed by atoms with Gasteiger partial charge in [-0.3, -0.25) is 4.79 Å². The number of anilines is 1. The minimum absolute atomic E-state index is 0. The van der Waals surface area contributed by atoms with Crippen LogP contribution in [-0.2, 0) is 4.79 Å². The van der Waals surface area contributed by atoms with E-state index < -0.39 is 12.8 Å². The smallest absolute Gasteiger partial charge is 0.422 e. The van der Waals surface area contributed by atoms with Crippen LogP contribution in [-0.4, -0.2) is 36.3 Å². The first kappa shape index (κ1) is 22.8. The molecular formula is C14H20Cl2F3N3O2. The summed E-state index contributed by atoms with van der Waals surface area (Å²) in [6.07, 6.45) is 0.256. The largest absolute Gasteiger partial charge is 0.468 e. The van der Waals surface area contributed by atoms with Gasteiger partial charge in [0, 0.05) is 18.5 Å². The molecule has 1 amide bonds. The Kier molecular flexibility index (Phi) is 10.0. The summed E-state index contributed by atoms with van der Waals surface area (Å²) in [5.74, 6) is -0.273. The van der Waals surface area contributed by atoms with Crippen molar-refractivity contribution in [3.8, 4) is 5.88 Å². The summed E-state index contributed by atoms with van der Waals surface area (Å²) in [5, 5.41) is 5.97. The second kappa shape index (κ2) is 10.6. The minimum Gasteiger partial charge on any atom is -0.468 e. The zero-order valence-corrected chi connectivity index (χ0v) is 14.4. The van der Waals surface area contributed by atoms with E-state index in [0.29, 0.717) is 18.2 Å². The Morgan fingerprint density at radius 2 is 2.12 bits per heavy atom. The van der Waals surface area contributed by atoms with Crippen molar-refractivity contribution >= 4 is 36.4 Å². The quantitative estimate of drug-likeness (QED) is 0.782. The standard InChI is InChI=1S/C14H18F3N3O2.2ClH/c15-14(16,17)9-22-13-6-4-11(8-19-13)20-12(21)5-3-10-2-1-7-18-10;;/h4,6,8,10,18H,1-3,5,7,9H2,(H,20,21);2*1H. The molecule has 1 saturated heterocycles. The molecule has 0 spiro atoms. The molecule has 5 nitrogen and oxygen atoms in total. The van der Waals surface area contributed by atoms with Crippen LogP contribution in [0.25, 0.3) is 0 Å². The van der Waals surface area contributed by atoms with Crippen LogP contribution in [0.2, 0.25) is 0 Å². The monoisotopic (exact) mass is 389 g/mol. The zero-order chi connectivity index (χ0) is 16.0. The molecule has 1 aromatic rings. The number of halogens is 5. The van der Waals surface area contributed by atoms with Crippen LogP contribution in [0.3, 0.4) is 0 Å². The number of carbonyl (C=O) groups is 1. The van der Waals surface area contributed by atoms with Crippen molar-refractivity contribution in [2.45, 2.75) is 37.9 Å². The Bertz CT molecular complexity index is 495. The number of hydrogen-bond acceptors (Lipinski definition) is 4. The number of pyridine rings is 1. The van der Waals surface area contributed by atoms with Crippen LogP contribution in [0.5, 0.6) is 5.88 Å². The van der Waals surface area contributed by atoms with Crippen LogP contribution < -0.4 is 15.4 Å². The van der Waals surface area contributed by atoms with E-state index in [1.54, 1.807) is 0 Å². The second-order valence-electron chi connectivity index (χ2n) is 5.17.